The Morgan fingerprint density at radius 2 is 1.26 bits per heavy atom. The van der Waals surface area contributed by atoms with Crippen LogP contribution in [0, 0.1) is 41.4 Å². The van der Waals surface area contributed by atoms with Gasteiger partial charge in [-0.2, -0.15) is 26.3 Å². The van der Waals surface area contributed by atoms with Crippen molar-refractivity contribution >= 4 is 11.8 Å². The lowest BCUT2D eigenvalue weighted by atomic mass is 9.61. The van der Waals surface area contributed by atoms with Crippen LogP contribution in [0.4, 0.5) is 26.3 Å². The predicted molar refractivity (Wildman–Crippen MR) is 178 cm³/mol. The summed E-state index contributed by atoms with van der Waals surface area (Å²) in [6.45, 7) is 5.22. The van der Waals surface area contributed by atoms with Crippen LogP contribution in [0.5, 0.6) is 0 Å². The number of fused-ring (bicyclic) bond motifs is 2. The number of carbonyl (C=O) groups excluding carboxylic acids is 2. The molecule has 3 N–H and O–H groups in total. The third kappa shape index (κ3) is 10.6. The number of aliphatic hydroxyl groups is 1. The fourth-order valence-electron chi connectivity index (χ4n) is 9.32. The lowest BCUT2D eigenvalue weighted by molar-refractivity contribution is -0.363. The molecule has 0 aromatic carbocycles. The number of ether oxygens (including phenoxy) is 2. The zero-order valence-electron chi connectivity index (χ0n) is 31.2. The van der Waals surface area contributed by atoms with Crippen LogP contribution in [0.3, 0.4) is 0 Å². The standard InChI is InChI=1S/C37H57F6N3O7/c1-20-6-10-25(28-18-52-22(3)8-11-24(20)28)26(33(49)36(38,39)40)14-44-31(47)16-46(5)17-32(48)45-15-27(34(50)37(41,42)43)30-12-7-21(2)29-13-9-23(4)53-19-35(29,30)51/h20-25,28-30,49-51H,6-19H2,1-5H3,(H,44,47)(H,45,48)/p-2/b33-26-,34-27-/t20-,21-,22+,23+,24+,25?,28?,29+,30+,35-/m1/s1. The number of allylic oxidation sites excluding steroid dienone is 2. The van der Waals surface area contributed by atoms with Gasteiger partial charge in [0.05, 0.1) is 44.1 Å². The van der Waals surface area contributed by atoms with E-state index in [0.717, 1.165) is 12.8 Å². The van der Waals surface area contributed by atoms with Crippen molar-refractivity contribution in [3.63, 3.8) is 0 Å². The van der Waals surface area contributed by atoms with E-state index in [4.69, 9.17) is 9.47 Å². The quantitative estimate of drug-likeness (QED) is 0.226. The second kappa shape index (κ2) is 17.5. The Labute approximate surface area is 307 Å². The van der Waals surface area contributed by atoms with Gasteiger partial charge in [0, 0.05) is 19.0 Å². The molecule has 2 amide bonds. The van der Waals surface area contributed by atoms with Crippen LogP contribution in [-0.2, 0) is 19.1 Å². The Kier molecular flexibility index (Phi) is 14.2. The first-order valence-electron chi connectivity index (χ1n) is 18.7. The molecule has 2 aliphatic heterocycles. The van der Waals surface area contributed by atoms with Gasteiger partial charge in [0.1, 0.15) is 0 Å². The molecule has 2 unspecified atom stereocenters. The second-order valence-corrected chi connectivity index (χ2v) is 16.0. The van der Waals surface area contributed by atoms with Gasteiger partial charge in [-0.15, -0.1) is 0 Å². The monoisotopic (exact) mass is 767 g/mol. The maximum Gasteiger partial charge on any atom is 0.402 e. The molecule has 0 bridgehead atoms. The van der Waals surface area contributed by atoms with Crippen molar-refractivity contribution in [2.24, 2.45) is 41.4 Å². The molecule has 4 fully saturated rings. The molecular formula is C37H55F6N3O7-2. The largest absolute Gasteiger partial charge is 0.869 e. The van der Waals surface area contributed by atoms with Crippen molar-refractivity contribution in [3.8, 4) is 0 Å². The second-order valence-electron chi connectivity index (χ2n) is 16.0. The van der Waals surface area contributed by atoms with Gasteiger partial charge in [-0.1, -0.05) is 19.4 Å². The van der Waals surface area contributed by atoms with Gasteiger partial charge in [0.2, 0.25) is 11.8 Å². The SMILES string of the molecule is C[C@@H]1CCC(/C(CNC(=O)CN(C)CC(=O)NC/C(=C(/[O-])C(F)(F)F)[C@@H]2CC[C@@H](C)[C@@H]3CC[C@H](C)OC[C@]23O)=C(\[O-])C(F)(F)F)C2CO[C@@H](C)CC[C@H]21. The molecule has 0 aromatic heterocycles. The van der Waals surface area contributed by atoms with Crippen molar-refractivity contribution in [1.29, 1.82) is 0 Å². The van der Waals surface area contributed by atoms with Crippen LogP contribution in [0.25, 0.3) is 0 Å². The van der Waals surface area contributed by atoms with Gasteiger partial charge in [-0.25, -0.2) is 0 Å². The first kappa shape index (κ1) is 43.2. The van der Waals surface area contributed by atoms with Crippen molar-refractivity contribution in [3.05, 3.63) is 22.7 Å². The molecule has 0 spiro atoms. The van der Waals surface area contributed by atoms with Gasteiger partial charge in [-0.05, 0) is 125 Å². The van der Waals surface area contributed by atoms with E-state index in [0.29, 0.717) is 32.1 Å². The van der Waals surface area contributed by atoms with E-state index in [9.17, 15) is 51.3 Å². The molecule has 53 heavy (non-hydrogen) atoms. The van der Waals surface area contributed by atoms with Gasteiger partial charge < -0.3 is 35.4 Å². The Morgan fingerprint density at radius 3 is 1.87 bits per heavy atom. The number of halogens is 6. The summed E-state index contributed by atoms with van der Waals surface area (Å²) in [7, 11) is 1.35. The van der Waals surface area contributed by atoms with E-state index in [1.165, 1.54) is 11.9 Å². The molecule has 4 rings (SSSR count). The molecule has 4 aliphatic rings. The Bertz CT molecular complexity index is 1360. The smallest absolute Gasteiger partial charge is 0.402 e. The van der Waals surface area contributed by atoms with E-state index in [1.807, 2.05) is 20.8 Å². The summed E-state index contributed by atoms with van der Waals surface area (Å²) in [5, 5.41) is 42.0. The highest BCUT2D eigenvalue weighted by molar-refractivity contribution is 5.81. The van der Waals surface area contributed by atoms with Gasteiger partial charge in [-0.3, -0.25) is 14.5 Å². The molecule has 10 nitrogen and oxygen atoms in total. The molecule has 2 saturated heterocycles. The van der Waals surface area contributed by atoms with Crippen LogP contribution in [0.1, 0.15) is 79.1 Å². The van der Waals surface area contributed by atoms with Crippen LogP contribution in [0.2, 0.25) is 0 Å². The minimum atomic E-state index is -5.26. The number of nitrogens with zero attached hydrogens (tertiary/aromatic N) is 1. The Hall–Kier alpha value is -2.56. The fourth-order valence-corrected chi connectivity index (χ4v) is 9.32. The third-order valence-corrected chi connectivity index (χ3v) is 12.3. The number of hydrogen-bond donors (Lipinski definition) is 3. The van der Waals surface area contributed by atoms with E-state index < -0.39 is 96.4 Å². The van der Waals surface area contributed by atoms with E-state index in [-0.39, 0.29) is 55.5 Å². The first-order valence-corrected chi connectivity index (χ1v) is 18.7. The van der Waals surface area contributed by atoms with Crippen molar-refractivity contribution in [1.82, 2.24) is 15.5 Å². The van der Waals surface area contributed by atoms with Gasteiger partial charge in [0.25, 0.3) is 0 Å². The van der Waals surface area contributed by atoms with Crippen molar-refractivity contribution in [2.75, 3.05) is 46.4 Å². The third-order valence-electron chi connectivity index (χ3n) is 12.3. The summed E-state index contributed by atoms with van der Waals surface area (Å²) in [4.78, 5) is 27.0. The number of amides is 2. The fraction of sp³-hybridized carbons (Fsp3) is 0.838. The molecule has 2 heterocycles. The molecule has 304 valence electrons. The Morgan fingerprint density at radius 1 is 0.736 bits per heavy atom. The van der Waals surface area contributed by atoms with Crippen molar-refractivity contribution < 1.29 is 60.7 Å². The van der Waals surface area contributed by atoms with E-state index in [2.05, 4.69) is 17.6 Å². The highest BCUT2D eigenvalue weighted by atomic mass is 19.4. The number of rotatable bonds is 10. The zero-order chi connectivity index (χ0) is 39.5. The van der Waals surface area contributed by atoms with Gasteiger partial charge >= 0.3 is 12.4 Å². The summed E-state index contributed by atoms with van der Waals surface area (Å²) in [5.74, 6) is -8.14. The highest BCUT2D eigenvalue weighted by Crippen LogP contribution is 2.50. The first-order chi connectivity index (χ1) is 24.6. The number of alkyl halides is 6. The average Bonchev–Trinajstić information content (AvgIpc) is 3.36. The number of likely N-dealkylation sites (N-methyl/N-ethyl adjacent to an activating group) is 1. The summed E-state index contributed by atoms with van der Waals surface area (Å²) in [6, 6.07) is 0. The zero-order valence-corrected chi connectivity index (χ0v) is 31.2. The highest BCUT2D eigenvalue weighted by Gasteiger charge is 2.52. The lowest BCUT2D eigenvalue weighted by Gasteiger charge is -2.49. The summed E-state index contributed by atoms with van der Waals surface area (Å²) in [6.07, 6.45) is -6.58. The molecular weight excluding hydrogens is 712 g/mol. The maximum absolute atomic E-state index is 13.9. The van der Waals surface area contributed by atoms with Gasteiger partial charge in [0.15, 0.2) is 0 Å². The Balaban J connectivity index is 1.40. The van der Waals surface area contributed by atoms with E-state index >= 15 is 0 Å². The summed E-state index contributed by atoms with van der Waals surface area (Å²) >= 11 is 0. The molecule has 0 radical (unpaired) electrons. The average molecular weight is 768 g/mol. The van der Waals surface area contributed by atoms with Crippen LogP contribution >= 0.6 is 0 Å². The summed E-state index contributed by atoms with van der Waals surface area (Å²) < 4.78 is 94.7. The predicted octanol–water partition coefficient (Wildman–Crippen LogP) is 3.57. The minimum absolute atomic E-state index is 0.0278. The van der Waals surface area contributed by atoms with Crippen LogP contribution < -0.4 is 20.8 Å². The van der Waals surface area contributed by atoms with E-state index in [1.54, 1.807) is 0 Å². The molecule has 16 heteroatoms. The normalized spacial score (nSPS) is 35.2. The number of carbonyl (C=O) groups is 2. The lowest BCUT2D eigenvalue weighted by Crippen LogP contribution is -2.56. The molecule has 2 aliphatic carbocycles. The summed E-state index contributed by atoms with van der Waals surface area (Å²) in [5.41, 5.74) is -2.85. The maximum atomic E-state index is 13.9. The number of nitrogens with one attached hydrogen (secondary N) is 2. The van der Waals surface area contributed by atoms with Crippen LogP contribution in [-0.4, -0.2) is 98.4 Å². The minimum Gasteiger partial charge on any atom is -0.869 e. The topological polar surface area (TPSA) is 146 Å². The van der Waals surface area contributed by atoms with Crippen molar-refractivity contribution in [2.45, 2.75) is 109 Å². The molecule has 0 aromatic rings. The van der Waals surface area contributed by atoms with Crippen LogP contribution in [0.15, 0.2) is 22.7 Å². The molecule has 2 saturated carbocycles. The molecule has 10 atom stereocenters. The number of hydrogen-bond acceptors (Lipinski definition) is 8.